The van der Waals surface area contributed by atoms with Crippen molar-refractivity contribution in [3.8, 4) is 0 Å². The van der Waals surface area contributed by atoms with Crippen LogP contribution in [0.5, 0.6) is 0 Å². The summed E-state index contributed by atoms with van der Waals surface area (Å²) in [5.74, 6) is -0.00455. The molecule has 0 spiro atoms. The molecule has 26 heavy (non-hydrogen) atoms. The van der Waals surface area contributed by atoms with Crippen LogP contribution in [0.25, 0.3) is 0 Å². The van der Waals surface area contributed by atoms with Gasteiger partial charge in [0.25, 0.3) is 0 Å². The summed E-state index contributed by atoms with van der Waals surface area (Å²) in [5, 5.41) is 12.3. The van der Waals surface area contributed by atoms with Crippen molar-refractivity contribution in [2.45, 2.75) is 47.0 Å². The summed E-state index contributed by atoms with van der Waals surface area (Å²) in [4.78, 5) is 26.4. The molecular weight excluding hydrogens is 348 g/mol. The first-order valence-corrected chi connectivity index (χ1v) is 9.49. The molecule has 1 N–H and O–H groups in total. The fraction of sp³-hybridized carbons (Fsp3) is 0.474. The smallest absolute Gasteiger partial charge is 0.231 e. The van der Waals surface area contributed by atoms with Crippen LogP contribution in [0.4, 0.5) is 10.8 Å². The van der Waals surface area contributed by atoms with Crippen molar-refractivity contribution >= 4 is 34.0 Å². The van der Waals surface area contributed by atoms with Crippen LogP contribution < -0.4 is 10.2 Å². The van der Waals surface area contributed by atoms with E-state index in [0.717, 1.165) is 10.7 Å². The van der Waals surface area contributed by atoms with Crippen LogP contribution in [0.3, 0.4) is 0 Å². The molecule has 2 heterocycles. The molecule has 1 atom stereocenters. The monoisotopic (exact) mass is 372 g/mol. The standard InChI is InChI=1S/C19H24N4O2S/c1-11-6-7-14(8-12(11)2)23-10-13(9-15(23)24)16-21-22-18(26-16)20-17(25)19(3,4)5/h6-8,13H,9-10H2,1-5H3,(H,20,22,25)/t13-/m1/s1. The van der Waals surface area contributed by atoms with Crippen LogP contribution in [-0.4, -0.2) is 28.6 Å². The number of carbonyl (C=O) groups excluding carboxylic acids is 2. The Kier molecular flexibility index (Phi) is 4.84. The molecule has 3 rings (SSSR count). The average molecular weight is 372 g/mol. The Balaban J connectivity index is 1.73. The lowest BCUT2D eigenvalue weighted by atomic mass is 9.96. The van der Waals surface area contributed by atoms with E-state index in [2.05, 4.69) is 22.4 Å². The number of carbonyl (C=O) groups is 2. The normalized spacial score (nSPS) is 17.7. The highest BCUT2D eigenvalue weighted by Crippen LogP contribution is 2.35. The van der Waals surface area contributed by atoms with Crippen LogP contribution in [0.2, 0.25) is 0 Å². The van der Waals surface area contributed by atoms with Gasteiger partial charge >= 0.3 is 0 Å². The Bertz CT molecular complexity index is 853. The summed E-state index contributed by atoms with van der Waals surface area (Å²) in [7, 11) is 0. The van der Waals surface area contributed by atoms with E-state index < -0.39 is 5.41 Å². The summed E-state index contributed by atoms with van der Waals surface area (Å²) in [6.07, 6.45) is 0.411. The van der Waals surface area contributed by atoms with Crippen molar-refractivity contribution in [2.24, 2.45) is 5.41 Å². The first kappa shape index (κ1) is 18.5. The van der Waals surface area contributed by atoms with Gasteiger partial charge in [-0.05, 0) is 37.1 Å². The second-order valence-corrected chi connectivity index (χ2v) is 8.83. The Labute approximate surface area is 157 Å². The molecule has 2 amide bonds. The number of benzene rings is 1. The second kappa shape index (κ2) is 6.79. The molecule has 1 aliphatic heterocycles. The molecule has 0 unspecified atom stereocenters. The van der Waals surface area contributed by atoms with Crippen LogP contribution in [0.1, 0.15) is 49.2 Å². The topological polar surface area (TPSA) is 75.2 Å². The van der Waals surface area contributed by atoms with Gasteiger partial charge in [0.05, 0.1) is 0 Å². The van der Waals surface area contributed by atoms with Gasteiger partial charge in [-0.3, -0.25) is 9.59 Å². The zero-order valence-corrected chi connectivity index (χ0v) is 16.6. The molecule has 6 nitrogen and oxygen atoms in total. The van der Waals surface area contributed by atoms with Gasteiger partial charge in [-0.25, -0.2) is 0 Å². The second-order valence-electron chi connectivity index (χ2n) is 7.82. The maximum atomic E-state index is 12.5. The third-order valence-corrected chi connectivity index (χ3v) is 5.62. The third kappa shape index (κ3) is 3.77. The van der Waals surface area contributed by atoms with Gasteiger partial charge in [-0.2, -0.15) is 0 Å². The quantitative estimate of drug-likeness (QED) is 0.892. The van der Waals surface area contributed by atoms with E-state index >= 15 is 0 Å². The van der Waals surface area contributed by atoms with Crippen molar-refractivity contribution in [3.63, 3.8) is 0 Å². The van der Waals surface area contributed by atoms with Crippen LogP contribution in [-0.2, 0) is 9.59 Å². The highest BCUT2D eigenvalue weighted by atomic mass is 32.1. The highest BCUT2D eigenvalue weighted by molar-refractivity contribution is 7.15. The minimum atomic E-state index is -0.491. The maximum absolute atomic E-state index is 12.5. The molecule has 0 radical (unpaired) electrons. The Hall–Kier alpha value is -2.28. The summed E-state index contributed by atoms with van der Waals surface area (Å²) >= 11 is 1.35. The number of nitrogens with zero attached hydrogens (tertiary/aromatic N) is 3. The molecule has 1 saturated heterocycles. The number of aromatic nitrogens is 2. The third-order valence-electron chi connectivity index (χ3n) is 4.62. The van der Waals surface area contributed by atoms with Crippen molar-refractivity contribution in [1.29, 1.82) is 0 Å². The number of nitrogens with one attached hydrogen (secondary N) is 1. The molecule has 0 aliphatic carbocycles. The molecule has 1 aromatic carbocycles. The summed E-state index contributed by atoms with van der Waals surface area (Å²) in [6, 6.07) is 6.07. The van der Waals surface area contributed by atoms with E-state index in [1.807, 2.05) is 50.8 Å². The lowest BCUT2D eigenvalue weighted by molar-refractivity contribution is -0.123. The van der Waals surface area contributed by atoms with Gasteiger partial charge in [0.2, 0.25) is 16.9 Å². The number of hydrogen-bond donors (Lipinski definition) is 1. The van der Waals surface area contributed by atoms with E-state index in [-0.39, 0.29) is 17.7 Å². The first-order valence-electron chi connectivity index (χ1n) is 8.67. The highest BCUT2D eigenvalue weighted by Gasteiger charge is 2.34. The average Bonchev–Trinajstić information content (AvgIpc) is 3.16. The van der Waals surface area contributed by atoms with Crippen LogP contribution in [0.15, 0.2) is 18.2 Å². The lowest BCUT2D eigenvalue weighted by Gasteiger charge is -2.17. The maximum Gasteiger partial charge on any atom is 0.231 e. The van der Waals surface area contributed by atoms with Gasteiger partial charge in [0, 0.05) is 30.0 Å². The van der Waals surface area contributed by atoms with Crippen molar-refractivity contribution < 1.29 is 9.59 Å². The minimum absolute atomic E-state index is 0.00176. The predicted molar refractivity (Wildman–Crippen MR) is 104 cm³/mol. The van der Waals surface area contributed by atoms with E-state index in [1.54, 1.807) is 0 Å². The van der Waals surface area contributed by atoms with E-state index in [0.29, 0.717) is 18.1 Å². The fourth-order valence-corrected chi connectivity index (χ4v) is 3.58. The van der Waals surface area contributed by atoms with Crippen molar-refractivity contribution in [1.82, 2.24) is 10.2 Å². The van der Waals surface area contributed by atoms with Gasteiger partial charge in [-0.1, -0.05) is 38.2 Å². The number of aryl methyl sites for hydroxylation is 2. The van der Waals surface area contributed by atoms with Gasteiger partial charge in [0.1, 0.15) is 5.01 Å². The molecule has 138 valence electrons. The molecule has 1 aromatic heterocycles. The molecule has 2 aromatic rings. The molecule has 1 fully saturated rings. The Morgan fingerprint density at radius 1 is 1.23 bits per heavy atom. The van der Waals surface area contributed by atoms with E-state index in [1.165, 1.54) is 22.5 Å². The molecular formula is C19H24N4O2S. The van der Waals surface area contributed by atoms with Crippen molar-refractivity contribution in [2.75, 3.05) is 16.8 Å². The number of rotatable bonds is 3. The molecule has 0 bridgehead atoms. The first-order chi connectivity index (χ1) is 12.1. The summed E-state index contributed by atoms with van der Waals surface area (Å²) in [6.45, 7) is 10.2. The zero-order chi connectivity index (χ0) is 19.1. The SMILES string of the molecule is Cc1ccc(N2C[C@H](c3nnc(NC(=O)C(C)(C)C)s3)CC2=O)cc1C. The van der Waals surface area contributed by atoms with E-state index in [4.69, 9.17) is 0 Å². The Morgan fingerprint density at radius 2 is 1.96 bits per heavy atom. The summed E-state index contributed by atoms with van der Waals surface area (Å²) in [5.41, 5.74) is 2.81. The zero-order valence-electron chi connectivity index (χ0n) is 15.8. The molecule has 1 aliphatic rings. The van der Waals surface area contributed by atoms with Gasteiger partial charge < -0.3 is 10.2 Å². The van der Waals surface area contributed by atoms with Crippen LogP contribution >= 0.6 is 11.3 Å². The van der Waals surface area contributed by atoms with Gasteiger partial charge in [0.15, 0.2) is 0 Å². The number of amides is 2. The van der Waals surface area contributed by atoms with Crippen LogP contribution in [0, 0.1) is 19.3 Å². The Morgan fingerprint density at radius 3 is 2.62 bits per heavy atom. The number of hydrogen-bond acceptors (Lipinski definition) is 5. The van der Waals surface area contributed by atoms with Gasteiger partial charge in [-0.15, -0.1) is 10.2 Å². The van der Waals surface area contributed by atoms with E-state index in [9.17, 15) is 9.59 Å². The minimum Gasteiger partial charge on any atom is -0.312 e. The largest absolute Gasteiger partial charge is 0.312 e. The lowest BCUT2D eigenvalue weighted by Crippen LogP contribution is -2.27. The molecule has 0 saturated carbocycles. The van der Waals surface area contributed by atoms with Crippen molar-refractivity contribution in [3.05, 3.63) is 34.3 Å². The predicted octanol–water partition coefficient (Wildman–Crippen LogP) is 3.66. The fourth-order valence-electron chi connectivity index (χ4n) is 2.75. The summed E-state index contributed by atoms with van der Waals surface area (Å²) < 4.78 is 0. The molecule has 7 heteroatoms. The number of anilines is 2.